The van der Waals surface area contributed by atoms with Crippen molar-refractivity contribution in [1.82, 2.24) is 20.1 Å². The molecule has 2 amide bonds. The molecule has 1 aromatic rings. The molecule has 25 heavy (non-hydrogen) atoms. The molecule has 2 rings (SSSR count). The van der Waals surface area contributed by atoms with E-state index in [4.69, 9.17) is 5.73 Å². The maximum absolute atomic E-state index is 12.3. The van der Waals surface area contributed by atoms with Crippen LogP contribution in [0.1, 0.15) is 32.4 Å². The fourth-order valence-electron chi connectivity index (χ4n) is 2.89. The Labute approximate surface area is 149 Å². The standard InChI is InChI=1S/C18H29N5O2/c1-13(2)17(19)18(25)21-12-16(24)23-9-7-22(8-10-23)14(3)15-5-4-6-20-11-15/h4-6,11,13-14,17H,7-10,12,19H2,1-3H3,(H,21,25)/t14?,17-/m0/s1. The highest BCUT2D eigenvalue weighted by Gasteiger charge is 2.25. The van der Waals surface area contributed by atoms with Crippen LogP contribution < -0.4 is 11.1 Å². The molecule has 0 spiro atoms. The Morgan fingerprint density at radius 1 is 1.24 bits per heavy atom. The van der Waals surface area contributed by atoms with Gasteiger partial charge >= 0.3 is 0 Å². The molecule has 0 radical (unpaired) electrons. The van der Waals surface area contributed by atoms with Crippen LogP contribution in [0.3, 0.4) is 0 Å². The monoisotopic (exact) mass is 347 g/mol. The van der Waals surface area contributed by atoms with Crippen molar-refractivity contribution in [2.45, 2.75) is 32.9 Å². The Hall–Kier alpha value is -1.99. The van der Waals surface area contributed by atoms with Crippen LogP contribution in [-0.2, 0) is 9.59 Å². The maximum Gasteiger partial charge on any atom is 0.242 e. The van der Waals surface area contributed by atoms with Gasteiger partial charge in [0, 0.05) is 44.6 Å². The summed E-state index contributed by atoms with van der Waals surface area (Å²) in [7, 11) is 0. The van der Waals surface area contributed by atoms with Gasteiger partial charge in [0.1, 0.15) is 0 Å². The summed E-state index contributed by atoms with van der Waals surface area (Å²) in [5.41, 5.74) is 6.96. The number of nitrogens with two attached hydrogens (primary N) is 1. The Kier molecular flexibility index (Phi) is 6.90. The van der Waals surface area contributed by atoms with E-state index in [1.807, 2.05) is 26.1 Å². The number of carbonyl (C=O) groups excluding carboxylic acids is 2. The number of rotatable bonds is 6. The van der Waals surface area contributed by atoms with Gasteiger partial charge < -0.3 is 16.0 Å². The molecule has 1 unspecified atom stereocenters. The van der Waals surface area contributed by atoms with Gasteiger partial charge in [0.05, 0.1) is 12.6 Å². The molecular formula is C18H29N5O2. The molecule has 0 bridgehead atoms. The fourth-order valence-corrected chi connectivity index (χ4v) is 2.89. The molecule has 138 valence electrons. The fraction of sp³-hybridized carbons (Fsp3) is 0.611. The molecule has 7 nitrogen and oxygen atoms in total. The smallest absolute Gasteiger partial charge is 0.242 e. The average Bonchev–Trinajstić information content (AvgIpc) is 2.65. The van der Waals surface area contributed by atoms with Crippen molar-refractivity contribution in [2.75, 3.05) is 32.7 Å². The number of piperazine rings is 1. The van der Waals surface area contributed by atoms with E-state index in [0.29, 0.717) is 13.1 Å². The number of nitrogens with one attached hydrogen (secondary N) is 1. The molecule has 1 saturated heterocycles. The molecule has 2 heterocycles. The summed E-state index contributed by atoms with van der Waals surface area (Å²) in [4.78, 5) is 32.4. The Bertz CT molecular complexity index is 570. The van der Waals surface area contributed by atoms with Crippen LogP contribution >= 0.6 is 0 Å². The summed E-state index contributed by atoms with van der Waals surface area (Å²) in [6, 6.07) is 3.71. The normalized spacial score (nSPS) is 18.0. The van der Waals surface area contributed by atoms with Crippen LogP contribution in [0.25, 0.3) is 0 Å². The van der Waals surface area contributed by atoms with E-state index in [2.05, 4.69) is 28.2 Å². The predicted molar refractivity (Wildman–Crippen MR) is 96.6 cm³/mol. The summed E-state index contributed by atoms with van der Waals surface area (Å²) >= 11 is 0. The first-order valence-corrected chi connectivity index (χ1v) is 8.85. The SMILES string of the molecule is CC(C)[C@H](N)C(=O)NCC(=O)N1CCN(C(C)c2cccnc2)CC1. The molecule has 3 N–H and O–H groups in total. The third-order valence-electron chi connectivity index (χ3n) is 4.82. The van der Waals surface area contributed by atoms with Crippen molar-refractivity contribution in [3.63, 3.8) is 0 Å². The van der Waals surface area contributed by atoms with Crippen LogP contribution in [0, 0.1) is 5.92 Å². The highest BCUT2D eigenvalue weighted by molar-refractivity contribution is 5.87. The number of hydrogen-bond acceptors (Lipinski definition) is 5. The number of hydrogen-bond donors (Lipinski definition) is 2. The summed E-state index contributed by atoms with van der Waals surface area (Å²) < 4.78 is 0. The zero-order valence-electron chi connectivity index (χ0n) is 15.3. The molecule has 1 fully saturated rings. The topological polar surface area (TPSA) is 91.6 Å². The summed E-state index contributed by atoms with van der Waals surface area (Å²) in [6.45, 7) is 8.87. The first kappa shape index (κ1) is 19.3. The molecule has 0 aromatic carbocycles. The van der Waals surface area contributed by atoms with Crippen molar-refractivity contribution in [3.8, 4) is 0 Å². The van der Waals surface area contributed by atoms with Gasteiger partial charge in [0.25, 0.3) is 0 Å². The lowest BCUT2D eigenvalue weighted by Crippen LogP contribution is -2.53. The minimum absolute atomic E-state index is 0.0113. The minimum atomic E-state index is -0.579. The minimum Gasteiger partial charge on any atom is -0.346 e. The van der Waals surface area contributed by atoms with Gasteiger partial charge in [-0.3, -0.25) is 19.5 Å². The lowest BCUT2D eigenvalue weighted by molar-refractivity contribution is -0.135. The van der Waals surface area contributed by atoms with Crippen molar-refractivity contribution >= 4 is 11.8 Å². The van der Waals surface area contributed by atoms with Crippen molar-refractivity contribution in [3.05, 3.63) is 30.1 Å². The lowest BCUT2D eigenvalue weighted by Gasteiger charge is -2.38. The van der Waals surface area contributed by atoms with Gasteiger partial charge in [0.2, 0.25) is 11.8 Å². The highest BCUT2D eigenvalue weighted by atomic mass is 16.2. The third kappa shape index (κ3) is 5.24. The number of aromatic nitrogens is 1. The Morgan fingerprint density at radius 3 is 2.48 bits per heavy atom. The summed E-state index contributed by atoms with van der Waals surface area (Å²) in [5.74, 6) is -0.280. The Morgan fingerprint density at radius 2 is 1.92 bits per heavy atom. The van der Waals surface area contributed by atoms with E-state index in [9.17, 15) is 9.59 Å². The molecule has 0 saturated carbocycles. The number of pyridine rings is 1. The quantitative estimate of drug-likeness (QED) is 0.777. The maximum atomic E-state index is 12.3. The van der Waals surface area contributed by atoms with E-state index in [1.54, 1.807) is 11.1 Å². The van der Waals surface area contributed by atoms with Gasteiger partial charge in [-0.05, 0) is 24.5 Å². The van der Waals surface area contributed by atoms with E-state index in [-0.39, 0.29) is 30.3 Å². The number of carbonyl (C=O) groups is 2. The predicted octanol–water partition coefficient (Wildman–Crippen LogP) is 0.386. The van der Waals surface area contributed by atoms with Crippen LogP contribution in [0.15, 0.2) is 24.5 Å². The van der Waals surface area contributed by atoms with Crippen LogP contribution in [-0.4, -0.2) is 65.4 Å². The second kappa shape index (κ2) is 8.92. The van der Waals surface area contributed by atoms with E-state index < -0.39 is 6.04 Å². The van der Waals surface area contributed by atoms with Crippen LogP contribution in [0.4, 0.5) is 0 Å². The second-order valence-electron chi connectivity index (χ2n) is 6.87. The molecule has 1 aliphatic rings. The molecular weight excluding hydrogens is 318 g/mol. The second-order valence-corrected chi connectivity index (χ2v) is 6.87. The first-order valence-electron chi connectivity index (χ1n) is 8.85. The number of amides is 2. The largest absolute Gasteiger partial charge is 0.346 e. The van der Waals surface area contributed by atoms with E-state index >= 15 is 0 Å². The van der Waals surface area contributed by atoms with Gasteiger partial charge in [-0.25, -0.2) is 0 Å². The molecule has 1 aromatic heterocycles. The number of nitrogens with zero attached hydrogens (tertiary/aromatic N) is 3. The van der Waals surface area contributed by atoms with Crippen molar-refractivity contribution in [1.29, 1.82) is 0 Å². The zero-order chi connectivity index (χ0) is 18.4. The third-order valence-corrected chi connectivity index (χ3v) is 4.82. The lowest BCUT2D eigenvalue weighted by atomic mass is 10.1. The van der Waals surface area contributed by atoms with Gasteiger partial charge in [-0.2, -0.15) is 0 Å². The van der Waals surface area contributed by atoms with Gasteiger partial charge in [-0.1, -0.05) is 19.9 Å². The highest BCUT2D eigenvalue weighted by Crippen LogP contribution is 2.20. The molecule has 0 aliphatic carbocycles. The van der Waals surface area contributed by atoms with Gasteiger partial charge in [-0.15, -0.1) is 0 Å². The van der Waals surface area contributed by atoms with Crippen molar-refractivity contribution < 1.29 is 9.59 Å². The summed E-state index contributed by atoms with van der Waals surface area (Å²) in [5, 5.41) is 2.64. The van der Waals surface area contributed by atoms with Gasteiger partial charge in [0.15, 0.2) is 0 Å². The van der Waals surface area contributed by atoms with E-state index in [1.165, 1.54) is 5.56 Å². The van der Waals surface area contributed by atoms with Crippen molar-refractivity contribution in [2.24, 2.45) is 11.7 Å². The zero-order valence-corrected chi connectivity index (χ0v) is 15.3. The van der Waals surface area contributed by atoms with E-state index in [0.717, 1.165) is 13.1 Å². The van der Waals surface area contributed by atoms with Crippen LogP contribution in [0.5, 0.6) is 0 Å². The Balaban J connectivity index is 1.78. The summed E-state index contributed by atoms with van der Waals surface area (Å²) in [6.07, 6.45) is 3.65. The first-order chi connectivity index (χ1) is 11.9. The molecule has 7 heteroatoms. The molecule has 2 atom stereocenters. The van der Waals surface area contributed by atoms with Crippen LogP contribution in [0.2, 0.25) is 0 Å². The average molecular weight is 347 g/mol. The molecule has 1 aliphatic heterocycles.